The quantitative estimate of drug-likeness (QED) is 0.793. The van der Waals surface area contributed by atoms with Crippen LogP contribution in [0.5, 0.6) is 0 Å². The zero-order chi connectivity index (χ0) is 15.3. The summed E-state index contributed by atoms with van der Waals surface area (Å²) in [7, 11) is 0. The SMILES string of the molecule is CCN(C(C)=O)c1nc(CNC(C)(C)CC(N)=O)cs1. The van der Waals surface area contributed by atoms with Crippen molar-refractivity contribution in [3.8, 4) is 0 Å². The molecule has 0 aliphatic rings. The van der Waals surface area contributed by atoms with E-state index in [2.05, 4.69) is 10.3 Å². The lowest BCUT2D eigenvalue weighted by Gasteiger charge is -2.24. The minimum atomic E-state index is -0.374. The third-order valence-electron chi connectivity index (χ3n) is 2.83. The van der Waals surface area contributed by atoms with Crippen LogP contribution in [-0.4, -0.2) is 28.9 Å². The van der Waals surface area contributed by atoms with Crippen molar-refractivity contribution in [3.05, 3.63) is 11.1 Å². The van der Waals surface area contributed by atoms with Crippen LogP contribution in [0.1, 0.15) is 39.8 Å². The van der Waals surface area contributed by atoms with Crippen molar-refractivity contribution in [3.63, 3.8) is 0 Å². The Morgan fingerprint density at radius 3 is 2.65 bits per heavy atom. The smallest absolute Gasteiger partial charge is 0.225 e. The Morgan fingerprint density at radius 1 is 1.50 bits per heavy atom. The van der Waals surface area contributed by atoms with Gasteiger partial charge in [-0.2, -0.15) is 0 Å². The van der Waals surface area contributed by atoms with Gasteiger partial charge in [0, 0.05) is 37.4 Å². The Labute approximate surface area is 123 Å². The number of hydrogen-bond acceptors (Lipinski definition) is 5. The van der Waals surface area contributed by atoms with Gasteiger partial charge < -0.3 is 11.1 Å². The van der Waals surface area contributed by atoms with E-state index in [1.807, 2.05) is 26.2 Å². The highest BCUT2D eigenvalue weighted by Crippen LogP contribution is 2.21. The molecule has 1 aromatic rings. The fraction of sp³-hybridized carbons (Fsp3) is 0.615. The van der Waals surface area contributed by atoms with Crippen LogP contribution in [-0.2, 0) is 16.1 Å². The van der Waals surface area contributed by atoms with Crippen molar-refractivity contribution >= 4 is 28.3 Å². The fourth-order valence-electron chi connectivity index (χ4n) is 1.82. The summed E-state index contributed by atoms with van der Waals surface area (Å²) in [5.41, 5.74) is 5.68. The van der Waals surface area contributed by atoms with Gasteiger partial charge in [0.2, 0.25) is 11.8 Å². The number of rotatable bonds is 7. The molecule has 0 spiro atoms. The van der Waals surface area contributed by atoms with Crippen LogP contribution < -0.4 is 16.0 Å². The highest BCUT2D eigenvalue weighted by Gasteiger charge is 2.20. The number of primary amides is 1. The normalized spacial score (nSPS) is 11.4. The van der Waals surface area contributed by atoms with E-state index < -0.39 is 0 Å². The summed E-state index contributed by atoms with van der Waals surface area (Å²) in [5, 5.41) is 5.86. The Hall–Kier alpha value is -1.47. The van der Waals surface area contributed by atoms with Crippen LogP contribution >= 0.6 is 11.3 Å². The van der Waals surface area contributed by atoms with E-state index >= 15 is 0 Å². The molecule has 1 aromatic heterocycles. The Morgan fingerprint density at radius 2 is 2.15 bits per heavy atom. The molecule has 0 bridgehead atoms. The monoisotopic (exact) mass is 298 g/mol. The van der Waals surface area contributed by atoms with Crippen LogP contribution in [0.25, 0.3) is 0 Å². The van der Waals surface area contributed by atoms with Crippen LogP contribution in [0.2, 0.25) is 0 Å². The molecule has 20 heavy (non-hydrogen) atoms. The molecule has 0 aliphatic heterocycles. The maximum absolute atomic E-state index is 11.4. The summed E-state index contributed by atoms with van der Waals surface area (Å²) < 4.78 is 0. The van der Waals surface area contributed by atoms with Gasteiger partial charge in [-0.3, -0.25) is 14.5 Å². The number of nitrogens with one attached hydrogen (secondary N) is 1. The van der Waals surface area contributed by atoms with E-state index in [0.29, 0.717) is 18.2 Å². The van der Waals surface area contributed by atoms with Gasteiger partial charge in [0.1, 0.15) is 0 Å². The number of carbonyl (C=O) groups is 2. The molecule has 0 unspecified atom stereocenters. The number of amides is 2. The maximum Gasteiger partial charge on any atom is 0.225 e. The van der Waals surface area contributed by atoms with Gasteiger partial charge in [-0.15, -0.1) is 11.3 Å². The minimum absolute atomic E-state index is 0.0181. The maximum atomic E-state index is 11.4. The van der Waals surface area contributed by atoms with Crippen molar-refractivity contribution in [1.29, 1.82) is 0 Å². The number of nitrogens with two attached hydrogens (primary N) is 1. The van der Waals surface area contributed by atoms with Gasteiger partial charge >= 0.3 is 0 Å². The number of carbonyl (C=O) groups excluding carboxylic acids is 2. The first-order chi connectivity index (χ1) is 9.25. The van der Waals surface area contributed by atoms with Crippen LogP contribution in [0.3, 0.4) is 0 Å². The van der Waals surface area contributed by atoms with Gasteiger partial charge in [0.15, 0.2) is 5.13 Å². The number of thiazole rings is 1. The summed E-state index contributed by atoms with van der Waals surface area (Å²) in [6.07, 6.45) is 0.262. The number of hydrogen-bond donors (Lipinski definition) is 2. The molecule has 1 rings (SSSR count). The molecule has 0 atom stereocenters. The predicted molar refractivity (Wildman–Crippen MR) is 80.5 cm³/mol. The van der Waals surface area contributed by atoms with Gasteiger partial charge in [-0.1, -0.05) is 0 Å². The third kappa shape index (κ3) is 4.90. The third-order valence-corrected chi connectivity index (χ3v) is 3.74. The largest absolute Gasteiger partial charge is 0.370 e. The topological polar surface area (TPSA) is 88.3 Å². The van der Waals surface area contributed by atoms with Crippen LogP contribution in [0, 0.1) is 0 Å². The first kappa shape index (κ1) is 16.6. The second-order valence-electron chi connectivity index (χ2n) is 5.27. The van der Waals surface area contributed by atoms with Gasteiger partial charge in [0.25, 0.3) is 0 Å². The molecule has 0 radical (unpaired) electrons. The number of aromatic nitrogens is 1. The van der Waals surface area contributed by atoms with Crippen LogP contribution in [0.15, 0.2) is 5.38 Å². The van der Waals surface area contributed by atoms with Gasteiger partial charge in [0.05, 0.1) is 5.69 Å². The first-order valence-electron chi connectivity index (χ1n) is 6.51. The molecule has 0 fully saturated rings. The van der Waals surface area contributed by atoms with Crippen LogP contribution in [0.4, 0.5) is 5.13 Å². The summed E-state index contributed by atoms with van der Waals surface area (Å²) in [5.74, 6) is -0.356. The van der Waals surface area contributed by atoms with E-state index in [9.17, 15) is 9.59 Å². The summed E-state index contributed by atoms with van der Waals surface area (Å²) in [4.78, 5) is 28.5. The van der Waals surface area contributed by atoms with E-state index in [-0.39, 0.29) is 23.8 Å². The van der Waals surface area contributed by atoms with Crippen molar-refractivity contribution in [2.24, 2.45) is 5.73 Å². The summed E-state index contributed by atoms with van der Waals surface area (Å²) in [6, 6.07) is 0. The van der Waals surface area contributed by atoms with Gasteiger partial charge in [-0.05, 0) is 20.8 Å². The molecule has 6 nitrogen and oxygen atoms in total. The lowest BCUT2D eigenvalue weighted by atomic mass is 10.0. The second-order valence-corrected chi connectivity index (χ2v) is 6.10. The van der Waals surface area contributed by atoms with E-state index in [1.54, 1.807) is 4.90 Å². The summed E-state index contributed by atoms with van der Waals surface area (Å²) >= 11 is 1.44. The molecule has 0 saturated carbocycles. The van der Waals surface area contributed by atoms with E-state index in [4.69, 9.17) is 5.73 Å². The Balaban J connectivity index is 2.65. The molecule has 7 heteroatoms. The molecular weight excluding hydrogens is 276 g/mol. The second kappa shape index (κ2) is 6.81. The molecule has 112 valence electrons. The molecule has 2 amide bonds. The number of anilines is 1. The molecular formula is C13H22N4O2S. The molecule has 0 aromatic carbocycles. The average molecular weight is 298 g/mol. The molecule has 0 saturated heterocycles. The lowest BCUT2D eigenvalue weighted by Crippen LogP contribution is -2.42. The molecule has 3 N–H and O–H groups in total. The highest BCUT2D eigenvalue weighted by atomic mass is 32.1. The summed E-state index contributed by atoms with van der Waals surface area (Å²) in [6.45, 7) is 8.41. The van der Waals surface area contributed by atoms with Crippen molar-refractivity contribution < 1.29 is 9.59 Å². The van der Waals surface area contributed by atoms with E-state index in [0.717, 1.165) is 5.69 Å². The zero-order valence-electron chi connectivity index (χ0n) is 12.4. The Bertz CT molecular complexity index is 484. The zero-order valence-corrected chi connectivity index (χ0v) is 13.2. The Kier molecular flexibility index (Phi) is 5.64. The van der Waals surface area contributed by atoms with Crippen molar-refractivity contribution in [2.45, 2.75) is 46.2 Å². The van der Waals surface area contributed by atoms with E-state index in [1.165, 1.54) is 18.3 Å². The fourth-order valence-corrected chi connectivity index (χ4v) is 2.75. The predicted octanol–water partition coefficient (Wildman–Crippen LogP) is 1.26. The first-order valence-corrected chi connectivity index (χ1v) is 7.39. The average Bonchev–Trinajstić information content (AvgIpc) is 2.74. The molecule has 1 heterocycles. The van der Waals surface area contributed by atoms with Gasteiger partial charge in [-0.25, -0.2) is 4.98 Å². The van der Waals surface area contributed by atoms with Crippen molar-refractivity contribution in [1.82, 2.24) is 10.3 Å². The molecule has 0 aliphatic carbocycles. The highest BCUT2D eigenvalue weighted by molar-refractivity contribution is 7.14. The number of nitrogens with zero attached hydrogens (tertiary/aromatic N) is 2. The van der Waals surface area contributed by atoms with Crippen molar-refractivity contribution in [2.75, 3.05) is 11.4 Å². The lowest BCUT2D eigenvalue weighted by molar-refractivity contribution is -0.119. The standard InChI is InChI=1S/C13H22N4O2S/c1-5-17(9(2)18)12-16-10(8-20-12)7-15-13(3,4)6-11(14)19/h8,15H,5-7H2,1-4H3,(H2,14,19). The minimum Gasteiger partial charge on any atom is -0.370 e.